The quantitative estimate of drug-likeness (QED) is 0.807. The van der Waals surface area contributed by atoms with Crippen LogP contribution in [0.4, 0.5) is 0 Å². The van der Waals surface area contributed by atoms with Gasteiger partial charge in [-0.05, 0) is 30.4 Å². The van der Waals surface area contributed by atoms with Crippen LogP contribution in [0.15, 0.2) is 18.5 Å². The van der Waals surface area contributed by atoms with Gasteiger partial charge in [0.15, 0.2) is 0 Å². The Bertz CT molecular complexity index is 307. The van der Waals surface area contributed by atoms with E-state index < -0.39 is 0 Å². The number of nitrogens with one attached hydrogen (secondary N) is 1. The topological polar surface area (TPSA) is 17.0 Å². The molecule has 1 aromatic heterocycles. The Morgan fingerprint density at radius 1 is 1.38 bits per heavy atom. The molecule has 0 saturated carbocycles. The fourth-order valence-electron chi connectivity index (χ4n) is 1.57. The summed E-state index contributed by atoms with van der Waals surface area (Å²) in [5, 5.41) is 3.58. The minimum atomic E-state index is 0.325. The molecule has 0 aliphatic carbocycles. The summed E-state index contributed by atoms with van der Waals surface area (Å²) < 4.78 is 2.26. The van der Waals surface area contributed by atoms with Crippen molar-refractivity contribution in [1.82, 2.24) is 9.88 Å². The Morgan fingerprint density at radius 3 is 2.62 bits per heavy atom. The molecule has 0 aliphatic rings. The first-order valence-corrected chi connectivity index (χ1v) is 6.31. The molecule has 0 aromatic carbocycles. The van der Waals surface area contributed by atoms with Crippen molar-refractivity contribution >= 4 is 0 Å². The van der Waals surface area contributed by atoms with Gasteiger partial charge in [-0.25, -0.2) is 0 Å². The third kappa shape index (κ3) is 4.01. The lowest BCUT2D eigenvalue weighted by Gasteiger charge is -2.28. The second-order valence-electron chi connectivity index (χ2n) is 5.73. The van der Waals surface area contributed by atoms with Crippen molar-refractivity contribution in [3.63, 3.8) is 0 Å². The van der Waals surface area contributed by atoms with Crippen molar-refractivity contribution in [3.8, 4) is 0 Å². The van der Waals surface area contributed by atoms with Gasteiger partial charge in [-0.2, -0.15) is 0 Å². The maximum Gasteiger partial charge on any atom is 0.0223 e. The van der Waals surface area contributed by atoms with Crippen molar-refractivity contribution in [2.75, 3.05) is 0 Å². The van der Waals surface area contributed by atoms with Gasteiger partial charge < -0.3 is 9.88 Å². The van der Waals surface area contributed by atoms with Gasteiger partial charge in [0.1, 0.15) is 0 Å². The first-order chi connectivity index (χ1) is 7.43. The molecule has 0 aliphatic heterocycles. The standard InChI is InChI=1S/C14H26N2/c1-6-8-16-9-7-13(11-16)10-15-12(2)14(3,4)5/h7,9,11-12,15H,6,8,10H2,1-5H3. The summed E-state index contributed by atoms with van der Waals surface area (Å²) in [5.41, 5.74) is 1.70. The molecule has 1 atom stereocenters. The minimum Gasteiger partial charge on any atom is -0.354 e. The Morgan fingerprint density at radius 2 is 2.06 bits per heavy atom. The van der Waals surface area contributed by atoms with E-state index in [2.05, 4.69) is 63.0 Å². The zero-order chi connectivity index (χ0) is 12.2. The molecule has 16 heavy (non-hydrogen) atoms. The highest BCUT2D eigenvalue weighted by Gasteiger charge is 2.18. The van der Waals surface area contributed by atoms with Crippen LogP contribution in [0.25, 0.3) is 0 Å². The second-order valence-corrected chi connectivity index (χ2v) is 5.73. The molecule has 1 aromatic rings. The van der Waals surface area contributed by atoms with E-state index in [1.165, 1.54) is 12.0 Å². The Balaban J connectivity index is 2.42. The van der Waals surface area contributed by atoms with E-state index in [-0.39, 0.29) is 0 Å². The summed E-state index contributed by atoms with van der Waals surface area (Å²) in [7, 11) is 0. The Hall–Kier alpha value is -0.760. The van der Waals surface area contributed by atoms with E-state index in [4.69, 9.17) is 0 Å². The van der Waals surface area contributed by atoms with Crippen molar-refractivity contribution in [2.45, 2.75) is 60.2 Å². The smallest absolute Gasteiger partial charge is 0.0223 e. The van der Waals surface area contributed by atoms with Crippen molar-refractivity contribution in [2.24, 2.45) is 5.41 Å². The predicted molar refractivity (Wildman–Crippen MR) is 70.5 cm³/mol. The van der Waals surface area contributed by atoms with Crippen molar-refractivity contribution in [1.29, 1.82) is 0 Å². The van der Waals surface area contributed by atoms with Crippen LogP contribution in [0.3, 0.4) is 0 Å². The molecular formula is C14H26N2. The fraction of sp³-hybridized carbons (Fsp3) is 0.714. The molecule has 0 amide bonds. The van der Waals surface area contributed by atoms with Crippen LogP contribution in [-0.2, 0) is 13.1 Å². The van der Waals surface area contributed by atoms with Crippen LogP contribution in [0.1, 0.15) is 46.6 Å². The lowest BCUT2D eigenvalue weighted by molar-refractivity contribution is 0.285. The molecule has 0 saturated heterocycles. The summed E-state index contributed by atoms with van der Waals surface area (Å²) in [6.45, 7) is 13.4. The highest BCUT2D eigenvalue weighted by atomic mass is 15.0. The zero-order valence-corrected chi connectivity index (χ0v) is 11.4. The third-order valence-electron chi connectivity index (χ3n) is 3.20. The van der Waals surface area contributed by atoms with Crippen LogP contribution in [0.5, 0.6) is 0 Å². The van der Waals surface area contributed by atoms with E-state index >= 15 is 0 Å². The number of rotatable bonds is 5. The largest absolute Gasteiger partial charge is 0.354 e. The van der Waals surface area contributed by atoms with Gasteiger partial charge in [-0.15, -0.1) is 0 Å². The van der Waals surface area contributed by atoms with Gasteiger partial charge in [0, 0.05) is 31.5 Å². The van der Waals surface area contributed by atoms with Gasteiger partial charge in [-0.1, -0.05) is 27.7 Å². The third-order valence-corrected chi connectivity index (χ3v) is 3.20. The summed E-state index contributed by atoms with van der Waals surface area (Å²) in [5.74, 6) is 0. The highest BCUT2D eigenvalue weighted by molar-refractivity contribution is 5.10. The summed E-state index contributed by atoms with van der Waals surface area (Å²) in [6, 6.07) is 2.74. The summed E-state index contributed by atoms with van der Waals surface area (Å²) in [6.07, 6.45) is 5.61. The number of aryl methyl sites for hydroxylation is 1. The zero-order valence-electron chi connectivity index (χ0n) is 11.4. The molecule has 2 heteroatoms. The number of nitrogens with zero attached hydrogens (tertiary/aromatic N) is 1. The molecule has 0 spiro atoms. The van der Waals surface area contributed by atoms with Crippen molar-refractivity contribution < 1.29 is 0 Å². The van der Waals surface area contributed by atoms with Gasteiger partial charge in [0.05, 0.1) is 0 Å². The van der Waals surface area contributed by atoms with Gasteiger partial charge in [0.25, 0.3) is 0 Å². The first kappa shape index (κ1) is 13.3. The Kier molecular flexibility index (Phi) is 4.60. The monoisotopic (exact) mass is 222 g/mol. The van der Waals surface area contributed by atoms with E-state index in [1.54, 1.807) is 0 Å². The maximum atomic E-state index is 3.58. The summed E-state index contributed by atoms with van der Waals surface area (Å²) in [4.78, 5) is 0. The Labute approximate surface area is 100 Å². The fourth-order valence-corrected chi connectivity index (χ4v) is 1.57. The van der Waals surface area contributed by atoms with E-state index in [0.29, 0.717) is 11.5 Å². The molecule has 1 N–H and O–H groups in total. The first-order valence-electron chi connectivity index (χ1n) is 6.31. The minimum absolute atomic E-state index is 0.325. The number of hydrogen-bond acceptors (Lipinski definition) is 1. The van der Waals surface area contributed by atoms with Gasteiger partial charge >= 0.3 is 0 Å². The molecule has 1 unspecified atom stereocenters. The van der Waals surface area contributed by atoms with Crippen LogP contribution in [0, 0.1) is 5.41 Å². The molecule has 0 bridgehead atoms. The molecule has 2 nitrogen and oxygen atoms in total. The van der Waals surface area contributed by atoms with Crippen LogP contribution >= 0.6 is 0 Å². The number of hydrogen-bond donors (Lipinski definition) is 1. The average molecular weight is 222 g/mol. The second kappa shape index (κ2) is 5.53. The van der Waals surface area contributed by atoms with E-state index in [0.717, 1.165) is 13.1 Å². The molecule has 1 rings (SSSR count). The normalized spacial score (nSPS) is 14.1. The molecule has 92 valence electrons. The van der Waals surface area contributed by atoms with Crippen LogP contribution in [0.2, 0.25) is 0 Å². The predicted octanol–water partition coefficient (Wildman–Crippen LogP) is 3.42. The highest BCUT2D eigenvalue weighted by Crippen LogP contribution is 2.18. The lowest BCUT2D eigenvalue weighted by Crippen LogP contribution is -2.37. The summed E-state index contributed by atoms with van der Waals surface area (Å²) >= 11 is 0. The SMILES string of the molecule is CCCn1ccc(CNC(C)C(C)(C)C)c1. The lowest BCUT2D eigenvalue weighted by atomic mass is 9.88. The van der Waals surface area contributed by atoms with Crippen LogP contribution < -0.4 is 5.32 Å². The molecular weight excluding hydrogens is 196 g/mol. The van der Waals surface area contributed by atoms with Gasteiger partial charge in [0.2, 0.25) is 0 Å². The van der Waals surface area contributed by atoms with E-state index in [9.17, 15) is 0 Å². The van der Waals surface area contributed by atoms with Gasteiger partial charge in [-0.3, -0.25) is 0 Å². The molecule has 0 fully saturated rings. The van der Waals surface area contributed by atoms with Crippen molar-refractivity contribution in [3.05, 3.63) is 24.0 Å². The van der Waals surface area contributed by atoms with E-state index in [1.807, 2.05) is 0 Å². The molecule has 1 heterocycles. The number of aromatic nitrogens is 1. The average Bonchev–Trinajstić information content (AvgIpc) is 2.61. The maximum absolute atomic E-state index is 3.58. The van der Waals surface area contributed by atoms with Crippen LogP contribution in [-0.4, -0.2) is 10.6 Å². The molecule has 0 radical (unpaired) electrons.